The van der Waals surface area contributed by atoms with E-state index in [-0.39, 0.29) is 6.10 Å². The average molecular weight is 260 g/mol. The molecule has 0 amide bonds. The summed E-state index contributed by atoms with van der Waals surface area (Å²) < 4.78 is 13.1. The van der Waals surface area contributed by atoms with E-state index in [0.29, 0.717) is 13.2 Å². The average Bonchev–Trinajstić information content (AvgIpc) is 2.83. The van der Waals surface area contributed by atoms with Gasteiger partial charge in [0.2, 0.25) is 0 Å². The van der Waals surface area contributed by atoms with Crippen LogP contribution in [0.3, 0.4) is 0 Å². The van der Waals surface area contributed by atoms with Gasteiger partial charge in [-0.3, -0.25) is 4.68 Å². The Kier molecular flexibility index (Phi) is 4.98. The van der Waals surface area contributed by atoms with Crippen molar-refractivity contribution in [3.8, 4) is 5.75 Å². The van der Waals surface area contributed by atoms with Gasteiger partial charge < -0.3 is 9.47 Å². The zero-order chi connectivity index (χ0) is 13.5. The van der Waals surface area contributed by atoms with Gasteiger partial charge in [0.1, 0.15) is 0 Å². The Morgan fingerprint density at radius 1 is 1.26 bits per heavy atom. The highest BCUT2D eigenvalue weighted by Crippen LogP contribution is 2.09. The lowest BCUT2D eigenvalue weighted by Gasteiger charge is -2.13. The van der Waals surface area contributed by atoms with Gasteiger partial charge in [-0.25, -0.2) is 0 Å². The molecule has 2 rings (SSSR count). The molecule has 0 aliphatic rings. The molecule has 0 aliphatic heterocycles. The molecule has 0 spiro atoms. The van der Waals surface area contributed by atoms with E-state index < -0.39 is 0 Å². The fourth-order valence-electron chi connectivity index (χ4n) is 1.71. The van der Waals surface area contributed by atoms with Crippen molar-refractivity contribution in [2.24, 2.45) is 7.05 Å². The SMILES string of the molecule is CC(CCOc1cnn(C)c1)OCc1ccccc1. The first-order valence-corrected chi connectivity index (χ1v) is 6.51. The third kappa shape index (κ3) is 4.75. The zero-order valence-corrected chi connectivity index (χ0v) is 11.5. The van der Waals surface area contributed by atoms with E-state index in [0.717, 1.165) is 12.2 Å². The van der Waals surface area contributed by atoms with E-state index in [2.05, 4.69) is 24.2 Å². The first kappa shape index (κ1) is 13.6. The Hall–Kier alpha value is -1.81. The minimum absolute atomic E-state index is 0.178. The molecule has 4 heteroatoms. The highest BCUT2D eigenvalue weighted by atomic mass is 16.5. The van der Waals surface area contributed by atoms with Crippen LogP contribution in [0.1, 0.15) is 18.9 Å². The van der Waals surface area contributed by atoms with Crippen LogP contribution in [-0.2, 0) is 18.4 Å². The summed E-state index contributed by atoms with van der Waals surface area (Å²) in [6.45, 7) is 3.35. The van der Waals surface area contributed by atoms with Crippen LogP contribution in [0.15, 0.2) is 42.7 Å². The molecule has 1 unspecified atom stereocenters. The Balaban J connectivity index is 1.63. The Bertz CT molecular complexity index is 482. The largest absolute Gasteiger partial charge is 0.490 e. The van der Waals surface area contributed by atoms with Crippen LogP contribution in [0.25, 0.3) is 0 Å². The lowest BCUT2D eigenvalue weighted by molar-refractivity contribution is 0.0386. The zero-order valence-electron chi connectivity index (χ0n) is 11.5. The predicted octanol–water partition coefficient (Wildman–Crippen LogP) is 2.79. The van der Waals surface area contributed by atoms with Gasteiger partial charge in [0.15, 0.2) is 5.75 Å². The number of nitrogens with zero attached hydrogens (tertiary/aromatic N) is 2. The van der Waals surface area contributed by atoms with Crippen molar-refractivity contribution < 1.29 is 9.47 Å². The second-order valence-electron chi connectivity index (χ2n) is 4.59. The second kappa shape index (κ2) is 6.95. The molecule has 1 aromatic carbocycles. The monoisotopic (exact) mass is 260 g/mol. The maximum Gasteiger partial charge on any atom is 0.157 e. The molecule has 1 aromatic heterocycles. The summed E-state index contributed by atoms with van der Waals surface area (Å²) in [5.41, 5.74) is 1.20. The number of aryl methyl sites for hydroxylation is 1. The summed E-state index contributed by atoms with van der Waals surface area (Å²) in [7, 11) is 1.87. The van der Waals surface area contributed by atoms with E-state index in [9.17, 15) is 0 Å². The van der Waals surface area contributed by atoms with Gasteiger partial charge in [-0.1, -0.05) is 30.3 Å². The maximum atomic E-state index is 5.77. The van der Waals surface area contributed by atoms with E-state index in [1.54, 1.807) is 10.9 Å². The summed E-state index contributed by atoms with van der Waals surface area (Å²) in [5, 5.41) is 4.05. The second-order valence-corrected chi connectivity index (χ2v) is 4.59. The van der Waals surface area contributed by atoms with Gasteiger partial charge >= 0.3 is 0 Å². The van der Waals surface area contributed by atoms with Crippen LogP contribution in [0.5, 0.6) is 5.75 Å². The topological polar surface area (TPSA) is 36.3 Å². The molecule has 0 fully saturated rings. The van der Waals surface area contributed by atoms with Crippen LogP contribution in [0, 0.1) is 0 Å². The lowest BCUT2D eigenvalue weighted by Crippen LogP contribution is -2.12. The van der Waals surface area contributed by atoms with Crippen molar-refractivity contribution >= 4 is 0 Å². The number of rotatable bonds is 7. The van der Waals surface area contributed by atoms with Crippen molar-refractivity contribution in [2.75, 3.05) is 6.61 Å². The van der Waals surface area contributed by atoms with Crippen molar-refractivity contribution in [2.45, 2.75) is 26.1 Å². The molecule has 19 heavy (non-hydrogen) atoms. The summed E-state index contributed by atoms with van der Waals surface area (Å²) in [4.78, 5) is 0. The molecule has 1 atom stereocenters. The summed E-state index contributed by atoms with van der Waals surface area (Å²) >= 11 is 0. The van der Waals surface area contributed by atoms with Gasteiger partial charge in [0.25, 0.3) is 0 Å². The molecule has 0 radical (unpaired) electrons. The molecule has 0 saturated heterocycles. The Morgan fingerprint density at radius 3 is 2.74 bits per heavy atom. The quantitative estimate of drug-likeness (QED) is 0.768. The highest BCUT2D eigenvalue weighted by Gasteiger charge is 2.04. The third-order valence-electron chi connectivity index (χ3n) is 2.85. The van der Waals surface area contributed by atoms with E-state index in [4.69, 9.17) is 9.47 Å². The molecular formula is C15H20N2O2. The molecule has 102 valence electrons. The van der Waals surface area contributed by atoms with E-state index >= 15 is 0 Å². The van der Waals surface area contributed by atoms with Crippen molar-refractivity contribution in [1.29, 1.82) is 0 Å². The van der Waals surface area contributed by atoms with Crippen LogP contribution in [-0.4, -0.2) is 22.5 Å². The third-order valence-corrected chi connectivity index (χ3v) is 2.85. The number of benzene rings is 1. The number of hydrogen-bond acceptors (Lipinski definition) is 3. The molecule has 0 saturated carbocycles. The highest BCUT2D eigenvalue weighted by molar-refractivity contribution is 5.13. The van der Waals surface area contributed by atoms with Crippen molar-refractivity contribution in [3.63, 3.8) is 0 Å². The molecule has 0 aliphatic carbocycles. The number of aromatic nitrogens is 2. The van der Waals surface area contributed by atoms with Gasteiger partial charge in [0.05, 0.1) is 31.7 Å². The molecule has 0 bridgehead atoms. The molecule has 4 nitrogen and oxygen atoms in total. The van der Waals surface area contributed by atoms with Crippen LogP contribution >= 0.6 is 0 Å². The van der Waals surface area contributed by atoms with Gasteiger partial charge in [0, 0.05) is 13.5 Å². The summed E-state index contributed by atoms with van der Waals surface area (Å²) in [6.07, 6.45) is 4.61. The fourth-order valence-corrected chi connectivity index (χ4v) is 1.71. The van der Waals surface area contributed by atoms with Crippen LogP contribution in [0.2, 0.25) is 0 Å². The van der Waals surface area contributed by atoms with E-state index in [1.165, 1.54) is 5.56 Å². The van der Waals surface area contributed by atoms with Crippen LogP contribution in [0.4, 0.5) is 0 Å². The number of hydrogen-bond donors (Lipinski definition) is 0. The minimum Gasteiger partial charge on any atom is -0.490 e. The Morgan fingerprint density at radius 2 is 2.05 bits per heavy atom. The van der Waals surface area contributed by atoms with E-state index in [1.807, 2.05) is 31.4 Å². The van der Waals surface area contributed by atoms with Gasteiger partial charge in [-0.05, 0) is 12.5 Å². The normalized spacial score (nSPS) is 12.3. The van der Waals surface area contributed by atoms with Crippen molar-refractivity contribution in [1.82, 2.24) is 9.78 Å². The first-order valence-electron chi connectivity index (χ1n) is 6.51. The van der Waals surface area contributed by atoms with Gasteiger partial charge in [-0.15, -0.1) is 0 Å². The van der Waals surface area contributed by atoms with Crippen molar-refractivity contribution in [3.05, 3.63) is 48.3 Å². The minimum atomic E-state index is 0.178. The first-order chi connectivity index (χ1) is 9.24. The Labute approximate surface area is 114 Å². The lowest BCUT2D eigenvalue weighted by atomic mass is 10.2. The fraction of sp³-hybridized carbons (Fsp3) is 0.400. The predicted molar refractivity (Wildman–Crippen MR) is 74.0 cm³/mol. The van der Waals surface area contributed by atoms with Crippen LogP contribution < -0.4 is 4.74 Å². The molecule has 1 heterocycles. The maximum absolute atomic E-state index is 5.77. The standard InChI is InChI=1S/C15H20N2O2/c1-13(19-12-14-6-4-3-5-7-14)8-9-18-15-10-16-17(2)11-15/h3-7,10-11,13H,8-9,12H2,1-2H3. The summed E-state index contributed by atoms with van der Waals surface area (Å²) in [6, 6.07) is 10.2. The molecule has 2 aromatic rings. The molecular weight excluding hydrogens is 240 g/mol. The summed E-state index contributed by atoms with van der Waals surface area (Å²) in [5.74, 6) is 0.803. The molecule has 0 N–H and O–H groups in total. The number of ether oxygens (including phenoxy) is 2. The van der Waals surface area contributed by atoms with Gasteiger partial charge in [-0.2, -0.15) is 5.10 Å². The smallest absolute Gasteiger partial charge is 0.157 e.